The molecule has 0 N–H and O–H groups in total. The number of nitro benzene ring substituents is 1. The number of ketones is 1. The summed E-state index contributed by atoms with van der Waals surface area (Å²) in [5.74, 6) is -0.349. The van der Waals surface area contributed by atoms with Gasteiger partial charge in [0.15, 0.2) is 5.78 Å². The molecule has 0 aromatic heterocycles. The van der Waals surface area contributed by atoms with Crippen LogP contribution in [-0.2, 0) is 0 Å². The van der Waals surface area contributed by atoms with Gasteiger partial charge in [-0.2, -0.15) is 0 Å². The fraction of sp³-hybridized carbons (Fsp3) is 0.125. The minimum absolute atomic E-state index is 0.105. The maximum atomic E-state index is 10.9. The van der Waals surface area contributed by atoms with Gasteiger partial charge in [0.25, 0.3) is 5.69 Å². The summed E-state index contributed by atoms with van der Waals surface area (Å²) in [6.07, 6.45) is 0. The molecular formula is C8H6N2O4. The van der Waals surface area contributed by atoms with Crippen LogP contribution in [0.15, 0.2) is 23.4 Å². The van der Waals surface area contributed by atoms with Crippen LogP contribution in [0.3, 0.4) is 0 Å². The highest BCUT2D eigenvalue weighted by molar-refractivity contribution is 5.95. The van der Waals surface area contributed by atoms with Crippen LogP contribution < -0.4 is 0 Å². The minimum atomic E-state index is -0.679. The van der Waals surface area contributed by atoms with Crippen molar-refractivity contribution in [3.8, 4) is 0 Å². The molecule has 0 spiro atoms. The second-order valence-corrected chi connectivity index (χ2v) is 2.64. The van der Waals surface area contributed by atoms with Crippen LogP contribution in [0.4, 0.5) is 11.4 Å². The Balaban J connectivity index is 3.34. The van der Waals surface area contributed by atoms with Gasteiger partial charge in [-0.25, -0.2) is 0 Å². The maximum absolute atomic E-state index is 10.9. The molecular weight excluding hydrogens is 188 g/mol. The lowest BCUT2D eigenvalue weighted by Gasteiger charge is -1.96. The first-order chi connectivity index (χ1) is 6.54. The maximum Gasteiger partial charge on any atom is 0.272 e. The van der Waals surface area contributed by atoms with Crippen molar-refractivity contribution < 1.29 is 9.72 Å². The molecule has 0 saturated carbocycles. The second-order valence-electron chi connectivity index (χ2n) is 2.64. The Morgan fingerprint density at radius 2 is 2.07 bits per heavy atom. The van der Waals surface area contributed by atoms with Crippen molar-refractivity contribution in [1.29, 1.82) is 0 Å². The topological polar surface area (TPSA) is 89.6 Å². The molecule has 1 aromatic carbocycles. The molecule has 72 valence electrons. The molecule has 6 heteroatoms. The van der Waals surface area contributed by atoms with E-state index in [1.807, 2.05) is 0 Å². The number of benzene rings is 1. The average Bonchev–Trinajstić information content (AvgIpc) is 2.16. The van der Waals surface area contributed by atoms with Crippen molar-refractivity contribution in [3.63, 3.8) is 0 Å². The smallest absolute Gasteiger partial charge is 0.272 e. The molecule has 0 fully saturated rings. The van der Waals surface area contributed by atoms with E-state index in [0.29, 0.717) is 0 Å². The minimum Gasteiger partial charge on any atom is -0.295 e. The average molecular weight is 194 g/mol. The number of hydrogen-bond donors (Lipinski definition) is 0. The standard InChI is InChI=1S/C8H6N2O4/c1-5(11)6-2-7(9-12)4-8(3-6)10(13)14/h2-4H,1H3. The molecule has 6 nitrogen and oxygen atoms in total. The third-order valence-electron chi connectivity index (χ3n) is 1.63. The Morgan fingerprint density at radius 1 is 1.43 bits per heavy atom. The van der Waals surface area contributed by atoms with E-state index in [1.165, 1.54) is 13.0 Å². The predicted octanol–water partition coefficient (Wildman–Crippen LogP) is 2.20. The van der Waals surface area contributed by atoms with Gasteiger partial charge < -0.3 is 0 Å². The van der Waals surface area contributed by atoms with E-state index in [0.717, 1.165) is 12.1 Å². The molecule has 0 amide bonds. The zero-order chi connectivity index (χ0) is 10.7. The van der Waals surface area contributed by atoms with E-state index < -0.39 is 4.92 Å². The molecule has 0 aliphatic rings. The van der Waals surface area contributed by atoms with Crippen molar-refractivity contribution in [2.75, 3.05) is 0 Å². The van der Waals surface area contributed by atoms with Gasteiger partial charge >= 0.3 is 0 Å². The number of carbonyl (C=O) groups excluding carboxylic acids is 1. The Labute approximate surface area is 78.7 Å². The Morgan fingerprint density at radius 3 is 2.50 bits per heavy atom. The summed E-state index contributed by atoms with van der Waals surface area (Å²) >= 11 is 0. The highest BCUT2D eigenvalue weighted by atomic mass is 16.6. The van der Waals surface area contributed by atoms with Crippen LogP contribution in [0.5, 0.6) is 0 Å². The van der Waals surface area contributed by atoms with Crippen molar-refractivity contribution in [2.24, 2.45) is 5.18 Å². The first-order valence-corrected chi connectivity index (χ1v) is 3.68. The zero-order valence-electron chi connectivity index (χ0n) is 7.26. The van der Waals surface area contributed by atoms with Gasteiger partial charge in [-0.3, -0.25) is 14.9 Å². The highest BCUT2D eigenvalue weighted by Crippen LogP contribution is 2.23. The largest absolute Gasteiger partial charge is 0.295 e. The van der Waals surface area contributed by atoms with Crippen LogP contribution in [0, 0.1) is 15.0 Å². The number of nitroso groups, excluding NO2 is 1. The van der Waals surface area contributed by atoms with Crippen molar-refractivity contribution in [2.45, 2.75) is 6.92 Å². The highest BCUT2D eigenvalue weighted by Gasteiger charge is 2.12. The van der Waals surface area contributed by atoms with Crippen LogP contribution in [0.1, 0.15) is 17.3 Å². The summed E-state index contributed by atoms with van der Waals surface area (Å²) in [5.41, 5.74) is -0.328. The van der Waals surface area contributed by atoms with Crippen LogP contribution in [-0.4, -0.2) is 10.7 Å². The third-order valence-corrected chi connectivity index (χ3v) is 1.63. The SMILES string of the molecule is CC(=O)c1cc(N=O)cc([N+](=O)[O-])c1. The Bertz CT molecular complexity index is 382. The summed E-state index contributed by atoms with van der Waals surface area (Å²) in [4.78, 5) is 30.8. The van der Waals surface area contributed by atoms with Crippen molar-refractivity contribution in [3.05, 3.63) is 38.8 Å². The van der Waals surface area contributed by atoms with Crippen LogP contribution >= 0.6 is 0 Å². The third kappa shape index (κ3) is 1.98. The molecule has 0 bridgehead atoms. The van der Waals surface area contributed by atoms with Gasteiger partial charge in [0.05, 0.1) is 4.92 Å². The van der Waals surface area contributed by atoms with E-state index >= 15 is 0 Å². The molecule has 1 rings (SSSR count). The second kappa shape index (κ2) is 3.73. The molecule has 0 radical (unpaired) electrons. The fourth-order valence-corrected chi connectivity index (χ4v) is 0.957. The number of Topliss-reactive ketones (excluding diaryl/α,β-unsaturated/α-hetero) is 1. The molecule has 0 aliphatic heterocycles. The number of non-ortho nitro benzene ring substituents is 1. The van der Waals surface area contributed by atoms with E-state index in [2.05, 4.69) is 5.18 Å². The van der Waals surface area contributed by atoms with E-state index in [4.69, 9.17) is 0 Å². The summed E-state index contributed by atoms with van der Waals surface area (Å²) in [6, 6.07) is 3.33. The van der Waals surface area contributed by atoms with Gasteiger partial charge in [0.2, 0.25) is 0 Å². The fourth-order valence-electron chi connectivity index (χ4n) is 0.957. The van der Waals surface area contributed by atoms with Gasteiger partial charge in [-0.1, -0.05) is 0 Å². The number of nitro groups is 1. The molecule has 14 heavy (non-hydrogen) atoms. The van der Waals surface area contributed by atoms with Crippen LogP contribution in [0.2, 0.25) is 0 Å². The molecule has 0 unspecified atom stereocenters. The van der Waals surface area contributed by atoms with Crippen LogP contribution in [0.25, 0.3) is 0 Å². The Hall–Kier alpha value is -2.11. The van der Waals surface area contributed by atoms with E-state index in [9.17, 15) is 19.8 Å². The predicted molar refractivity (Wildman–Crippen MR) is 48.6 cm³/mol. The number of hydrogen-bond acceptors (Lipinski definition) is 5. The molecule has 0 heterocycles. The number of nitrogens with zero attached hydrogens (tertiary/aromatic N) is 2. The number of rotatable bonds is 3. The summed E-state index contributed by atoms with van der Waals surface area (Å²) in [5, 5.41) is 12.9. The van der Waals surface area contributed by atoms with Crippen molar-refractivity contribution in [1.82, 2.24) is 0 Å². The molecule has 0 atom stereocenters. The number of carbonyl (C=O) groups is 1. The summed E-state index contributed by atoms with van der Waals surface area (Å²) in [7, 11) is 0. The zero-order valence-corrected chi connectivity index (χ0v) is 7.26. The lowest BCUT2D eigenvalue weighted by Crippen LogP contribution is -1.94. The van der Waals surface area contributed by atoms with Gasteiger partial charge in [-0.15, -0.1) is 4.91 Å². The van der Waals surface area contributed by atoms with E-state index in [1.54, 1.807) is 0 Å². The van der Waals surface area contributed by atoms with Crippen molar-refractivity contribution >= 4 is 17.2 Å². The quantitative estimate of drug-likeness (QED) is 0.319. The first kappa shape index (κ1) is 9.97. The Kier molecular flexibility index (Phi) is 2.66. The normalized spacial score (nSPS) is 9.50. The molecule has 0 aliphatic carbocycles. The summed E-state index contributed by atoms with van der Waals surface area (Å²) < 4.78 is 0. The van der Waals surface area contributed by atoms with Gasteiger partial charge in [0.1, 0.15) is 5.69 Å². The summed E-state index contributed by atoms with van der Waals surface area (Å²) in [6.45, 7) is 1.26. The van der Waals surface area contributed by atoms with E-state index in [-0.39, 0.29) is 22.7 Å². The molecule has 0 saturated heterocycles. The first-order valence-electron chi connectivity index (χ1n) is 3.68. The monoisotopic (exact) mass is 194 g/mol. The lowest BCUT2D eigenvalue weighted by atomic mass is 10.1. The van der Waals surface area contributed by atoms with Gasteiger partial charge in [-0.05, 0) is 18.2 Å². The molecule has 1 aromatic rings. The lowest BCUT2D eigenvalue weighted by molar-refractivity contribution is -0.384. The van der Waals surface area contributed by atoms with Gasteiger partial charge in [0, 0.05) is 17.7 Å².